The maximum absolute atomic E-state index is 12.3. The molecule has 2 saturated heterocycles. The van der Waals surface area contributed by atoms with Crippen molar-refractivity contribution in [3.05, 3.63) is 24.5 Å². The van der Waals surface area contributed by atoms with Gasteiger partial charge < -0.3 is 24.4 Å². The first-order chi connectivity index (χ1) is 13.7. The van der Waals surface area contributed by atoms with Crippen LogP contribution >= 0.6 is 0 Å². The highest BCUT2D eigenvalue weighted by molar-refractivity contribution is 5.74. The summed E-state index contributed by atoms with van der Waals surface area (Å²) in [5.41, 5.74) is -0.0631. The Morgan fingerprint density at radius 3 is 2.86 bits per heavy atom. The fraction of sp³-hybridized carbons (Fsp3) is 0.714. The van der Waals surface area contributed by atoms with Gasteiger partial charge in [-0.15, -0.1) is 0 Å². The number of amides is 2. The van der Waals surface area contributed by atoms with Gasteiger partial charge in [-0.3, -0.25) is 4.98 Å². The minimum absolute atomic E-state index is 0.0315. The zero-order valence-corrected chi connectivity index (χ0v) is 16.9. The average molecular weight is 392 g/mol. The Bertz CT molecular complexity index is 591. The quantitative estimate of drug-likeness (QED) is 0.690. The Labute approximate surface area is 167 Å². The lowest BCUT2D eigenvalue weighted by atomic mass is 9.78. The van der Waals surface area contributed by atoms with Crippen LogP contribution in [0.25, 0.3) is 0 Å². The molecule has 2 amide bonds. The predicted octanol–water partition coefficient (Wildman–Crippen LogP) is 2.86. The molecule has 0 bridgehead atoms. The summed E-state index contributed by atoms with van der Waals surface area (Å²) in [6.07, 6.45) is 9.37. The molecule has 7 heteroatoms. The topological polar surface area (TPSA) is 72.9 Å². The molecule has 0 aliphatic carbocycles. The molecule has 7 nitrogen and oxygen atoms in total. The van der Waals surface area contributed by atoms with Crippen molar-refractivity contribution >= 4 is 6.03 Å². The van der Waals surface area contributed by atoms with Crippen molar-refractivity contribution < 1.29 is 19.0 Å². The molecule has 1 spiro atoms. The van der Waals surface area contributed by atoms with Gasteiger partial charge >= 0.3 is 6.03 Å². The number of nitrogens with zero attached hydrogens (tertiary/aromatic N) is 2. The van der Waals surface area contributed by atoms with Crippen LogP contribution < -0.4 is 10.1 Å². The molecule has 1 unspecified atom stereocenters. The number of nitrogens with one attached hydrogen (secondary N) is 1. The molecular formula is C21H33N3O4. The van der Waals surface area contributed by atoms with Crippen LogP contribution in [0.2, 0.25) is 0 Å². The van der Waals surface area contributed by atoms with Crippen LogP contribution in [-0.4, -0.2) is 68.1 Å². The highest BCUT2D eigenvalue weighted by Crippen LogP contribution is 2.38. The minimum atomic E-state index is -0.0631. The molecule has 1 aromatic heterocycles. The molecule has 156 valence electrons. The second kappa shape index (κ2) is 10.6. The standard InChI is InChI=1S/C21H33N3O4/c1-26-14-2-9-23-20(25)24-12-7-21(8-13-24)17-18(6-16-28-21)5-15-27-19-3-10-22-11-4-19/h3-4,10-11,18H,2,5-9,12-17H2,1H3,(H,23,25). The number of rotatable bonds is 8. The maximum atomic E-state index is 12.3. The molecule has 28 heavy (non-hydrogen) atoms. The van der Waals surface area contributed by atoms with E-state index in [1.807, 2.05) is 17.0 Å². The number of likely N-dealkylation sites (tertiary alicyclic amines) is 1. The highest BCUT2D eigenvalue weighted by Gasteiger charge is 2.40. The summed E-state index contributed by atoms with van der Waals surface area (Å²) in [6.45, 7) is 4.38. The number of pyridine rings is 1. The molecule has 2 aliphatic heterocycles. The normalized spacial score (nSPS) is 21.5. The molecule has 2 aliphatic rings. The van der Waals surface area contributed by atoms with Gasteiger partial charge in [-0.25, -0.2) is 4.79 Å². The van der Waals surface area contributed by atoms with Gasteiger partial charge in [0, 0.05) is 52.4 Å². The van der Waals surface area contributed by atoms with Crippen molar-refractivity contribution in [3.63, 3.8) is 0 Å². The third kappa shape index (κ3) is 6.07. The third-order valence-corrected chi connectivity index (χ3v) is 5.80. The van der Waals surface area contributed by atoms with E-state index < -0.39 is 0 Å². The number of piperidine rings is 1. The maximum Gasteiger partial charge on any atom is 0.317 e. The van der Waals surface area contributed by atoms with Crippen molar-refractivity contribution in [3.8, 4) is 5.75 Å². The fourth-order valence-electron chi connectivity index (χ4n) is 4.14. The van der Waals surface area contributed by atoms with Crippen LogP contribution in [0.1, 0.15) is 38.5 Å². The molecule has 0 aromatic carbocycles. The molecular weight excluding hydrogens is 358 g/mol. The first kappa shape index (κ1) is 20.9. The monoisotopic (exact) mass is 391 g/mol. The van der Waals surface area contributed by atoms with Crippen molar-refractivity contribution in [1.82, 2.24) is 15.2 Å². The number of methoxy groups -OCH3 is 1. The number of carbonyl (C=O) groups excluding carboxylic acids is 1. The third-order valence-electron chi connectivity index (χ3n) is 5.80. The lowest BCUT2D eigenvalue weighted by molar-refractivity contribution is -0.124. The average Bonchev–Trinajstić information content (AvgIpc) is 2.73. The summed E-state index contributed by atoms with van der Waals surface area (Å²) < 4.78 is 17.1. The van der Waals surface area contributed by atoms with E-state index in [9.17, 15) is 4.79 Å². The van der Waals surface area contributed by atoms with Crippen LogP contribution in [-0.2, 0) is 9.47 Å². The number of urea groups is 1. The van der Waals surface area contributed by atoms with E-state index >= 15 is 0 Å². The van der Waals surface area contributed by atoms with Crippen LogP contribution in [0.3, 0.4) is 0 Å². The van der Waals surface area contributed by atoms with E-state index in [1.54, 1.807) is 19.5 Å². The van der Waals surface area contributed by atoms with Gasteiger partial charge in [-0.1, -0.05) is 0 Å². The van der Waals surface area contributed by atoms with Crippen molar-refractivity contribution in [2.75, 3.05) is 46.6 Å². The minimum Gasteiger partial charge on any atom is -0.493 e. The summed E-state index contributed by atoms with van der Waals surface area (Å²) in [5.74, 6) is 1.49. The Kier molecular flexibility index (Phi) is 7.91. The molecule has 3 heterocycles. The van der Waals surface area contributed by atoms with Gasteiger partial charge in [0.15, 0.2) is 0 Å². The molecule has 3 rings (SSSR count). The summed E-state index contributed by atoms with van der Waals surface area (Å²) in [7, 11) is 1.68. The van der Waals surface area contributed by atoms with Crippen molar-refractivity contribution in [2.24, 2.45) is 5.92 Å². The fourth-order valence-corrected chi connectivity index (χ4v) is 4.14. The summed E-state index contributed by atoms with van der Waals surface area (Å²) >= 11 is 0. The van der Waals surface area contributed by atoms with E-state index in [0.717, 1.165) is 70.6 Å². The van der Waals surface area contributed by atoms with E-state index in [4.69, 9.17) is 14.2 Å². The number of carbonyl (C=O) groups is 1. The van der Waals surface area contributed by atoms with Crippen LogP contribution in [0.4, 0.5) is 4.79 Å². The van der Waals surface area contributed by atoms with Crippen molar-refractivity contribution in [1.29, 1.82) is 0 Å². The zero-order chi connectivity index (χ0) is 19.7. The smallest absolute Gasteiger partial charge is 0.317 e. The summed E-state index contributed by atoms with van der Waals surface area (Å²) in [6, 6.07) is 3.81. The molecule has 0 saturated carbocycles. The van der Waals surface area contributed by atoms with Gasteiger partial charge in [0.05, 0.1) is 12.2 Å². The van der Waals surface area contributed by atoms with Crippen LogP contribution in [0.15, 0.2) is 24.5 Å². The number of hydrogen-bond donors (Lipinski definition) is 1. The van der Waals surface area contributed by atoms with Crippen LogP contribution in [0.5, 0.6) is 5.75 Å². The van der Waals surface area contributed by atoms with E-state index in [0.29, 0.717) is 19.1 Å². The summed E-state index contributed by atoms with van der Waals surface area (Å²) in [4.78, 5) is 18.2. The Hall–Kier alpha value is -1.86. The van der Waals surface area contributed by atoms with Gasteiger partial charge in [0.2, 0.25) is 0 Å². The van der Waals surface area contributed by atoms with Crippen LogP contribution in [0, 0.1) is 5.92 Å². The van der Waals surface area contributed by atoms with Gasteiger partial charge in [0.1, 0.15) is 5.75 Å². The van der Waals surface area contributed by atoms with E-state index in [-0.39, 0.29) is 11.6 Å². The predicted molar refractivity (Wildman–Crippen MR) is 106 cm³/mol. The largest absolute Gasteiger partial charge is 0.493 e. The summed E-state index contributed by atoms with van der Waals surface area (Å²) in [5, 5.41) is 2.98. The SMILES string of the molecule is COCCCNC(=O)N1CCC2(CC1)CC(CCOc1ccncc1)CCO2. The molecule has 1 atom stereocenters. The first-order valence-corrected chi connectivity index (χ1v) is 10.4. The highest BCUT2D eigenvalue weighted by atomic mass is 16.5. The van der Waals surface area contributed by atoms with E-state index in [2.05, 4.69) is 10.3 Å². The Balaban J connectivity index is 1.38. The Morgan fingerprint density at radius 1 is 1.32 bits per heavy atom. The van der Waals surface area contributed by atoms with Crippen molar-refractivity contribution in [2.45, 2.75) is 44.1 Å². The second-order valence-corrected chi connectivity index (χ2v) is 7.78. The molecule has 1 N–H and O–H groups in total. The molecule has 0 radical (unpaired) electrons. The van der Waals surface area contributed by atoms with Gasteiger partial charge in [0.25, 0.3) is 0 Å². The van der Waals surface area contributed by atoms with Gasteiger partial charge in [-0.2, -0.15) is 0 Å². The number of aromatic nitrogens is 1. The molecule has 2 fully saturated rings. The lowest BCUT2D eigenvalue weighted by Crippen LogP contribution is -2.53. The van der Waals surface area contributed by atoms with E-state index in [1.165, 1.54) is 0 Å². The number of hydrogen-bond acceptors (Lipinski definition) is 5. The number of ether oxygens (including phenoxy) is 3. The Morgan fingerprint density at radius 2 is 2.11 bits per heavy atom. The van der Waals surface area contributed by atoms with Gasteiger partial charge in [-0.05, 0) is 56.6 Å². The molecule has 1 aromatic rings. The lowest BCUT2D eigenvalue weighted by Gasteiger charge is -2.46. The second-order valence-electron chi connectivity index (χ2n) is 7.78. The first-order valence-electron chi connectivity index (χ1n) is 10.4. The zero-order valence-electron chi connectivity index (χ0n) is 16.9.